The van der Waals surface area contributed by atoms with Crippen molar-refractivity contribution in [1.29, 1.82) is 0 Å². The van der Waals surface area contributed by atoms with Crippen molar-refractivity contribution in [2.45, 2.75) is 19.0 Å². The van der Waals surface area contributed by atoms with Gasteiger partial charge in [0.1, 0.15) is 18.0 Å². The molecule has 0 aliphatic carbocycles. The summed E-state index contributed by atoms with van der Waals surface area (Å²) in [6, 6.07) is 6.63. The lowest BCUT2D eigenvalue weighted by Gasteiger charge is -2.26. The summed E-state index contributed by atoms with van der Waals surface area (Å²) >= 11 is 3.43. The summed E-state index contributed by atoms with van der Waals surface area (Å²) in [7, 11) is 6.11. The normalized spacial score (nSPS) is 17.9. The monoisotopic (exact) mass is 390 g/mol. The van der Waals surface area contributed by atoms with Gasteiger partial charge in [0.25, 0.3) is 0 Å². The Morgan fingerprint density at radius 3 is 2.67 bits per heavy atom. The third kappa shape index (κ3) is 4.02. The Balaban J connectivity index is 1.62. The van der Waals surface area contributed by atoms with E-state index in [9.17, 15) is 0 Å². The Labute approximate surface area is 151 Å². The fourth-order valence-electron chi connectivity index (χ4n) is 2.96. The molecule has 0 aromatic carbocycles. The summed E-state index contributed by atoms with van der Waals surface area (Å²) in [5.41, 5.74) is 1.11. The van der Waals surface area contributed by atoms with Crippen LogP contribution >= 0.6 is 15.9 Å². The van der Waals surface area contributed by atoms with E-state index >= 15 is 0 Å². The second-order valence-corrected chi connectivity index (χ2v) is 7.30. The Bertz CT molecular complexity index is 675. The zero-order valence-corrected chi connectivity index (χ0v) is 15.9. The van der Waals surface area contributed by atoms with Gasteiger partial charge in [-0.15, -0.1) is 0 Å². The first-order chi connectivity index (χ1) is 11.5. The van der Waals surface area contributed by atoms with Crippen LogP contribution in [0.5, 0.6) is 0 Å². The van der Waals surface area contributed by atoms with Crippen molar-refractivity contribution in [2.24, 2.45) is 0 Å². The molecule has 3 rings (SSSR count). The zero-order chi connectivity index (χ0) is 17.1. The molecule has 3 heterocycles. The second-order valence-electron chi connectivity index (χ2n) is 6.39. The van der Waals surface area contributed by atoms with E-state index in [2.05, 4.69) is 53.8 Å². The standard InChI is InChI=1S/C17H23BrN6/c1-22(2)16-8-17(21-12-20-16)23(3)15-6-7-24(11-15)10-14-5-4-13(18)9-19-14/h4-5,8-9,12,15H,6-7,10-11H2,1-3H3. The van der Waals surface area contributed by atoms with Crippen LogP contribution in [0.15, 0.2) is 35.2 Å². The second kappa shape index (κ2) is 7.44. The van der Waals surface area contributed by atoms with Crippen molar-refractivity contribution >= 4 is 27.6 Å². The molecule has 24 heavy (non-hydrogen) atoms. The van der Waals surface area contributed by atoms with Crippen LogP contribution in [0, 0.1) is 0 Å². The lowest BCUT2D eigenvalue weighted by molar-refractivity contribution is 0.321. The fourth-order valence-corrected chi connectivity index (χ4v) is 3.20. The zero-order valence-electron chi connectivity index (χ0n) is 14.4. The van der Waals surface area contributed by atoms with Crippen molar-refractivity contribution in [3.05, 3.63) is 40.9 Å². The molecule has 0 radical (unpaired) electrons. The van der Waals surface area contributed by atoms with E-state index in [1.807, 2.05) is 37.3 Å². The van der Waals surface area contributed by atoms with Gasteiger partial charge in [0.2, 0.25) is 0 Å². The minimum atomic E-state index is 0.463. The van der Waals surface area contributed by atoms with Crippen molar-refractivity contribution in [1.82, 2.24) is 19.9 Å². The third-order valence-corrected chi connectivity index (χ3v) is 4.90. The highest BCUT2D eigenvalue weighted by Gasteiger charge is 2.27. The molecule has 6 nitrogen and oxygen atoms in total. The van der Waals surface area contributed by atoms with E-state index in [1.165, 1.54) is 0 Å². The predicted octanol–water partition coefficient (Wildman–Crippen LogP) is 2.41. The van der Waals surface area contributed by atoms with Gasteiger partial charge in [-0.2, -0.15) is 0 Å². The molecular weight excluding hydrogens is 368 g/mol. The molecule has 0 N–H and O–H groups in total. The molecule has 128 valence electrons. The van der Waals surface area contributed by atoms with Gasteiger partial charge < -0.3 is 9.80 Å². The van der Waals surface area contributed by atoms with Gasteiger partial charge in [0.05, 0.1) is 5.69 Å². The van der Waals surface area contributed by atoms with E-state index in [1.54, 1.807) is 6.33 Å². The quantitative estimate of drug-likeness (QED) is 0.780. The Hall–Kier alpha value is -1.73. The topological polar surface area (TPSA) is 48.4 Å². The smallest absolute Gasteiger partial charge is 0.134 e. The molecule has 0 bridgehead atoms. The Morgan fingerprint density at radius 2 is 1.96 bits per heavy atom. The van der Waals surface area contributed by atoms with E-state index in [0.29, 0.717) is 6.04 Å². The summed E-state index contributed by atoms with van der Waals surface area (Å²) in [4.78, 5) is 19.9. The van der Waals surface area contributed by atoms with Gasteiger partial charge in [-0.3, -0.25) is 9.88 Å². The van der Waals surface area contributed by atoms with Crippen LogP contribution in [0.3, 0.4) is 0 Å². The molecule has 0 saturated carbocycles. The summed E-state index contributed by atoms with van der Waals surface area (Å²) in [6.07, 6.45) is 4.63. The fraction of sp³-hybridized carbons (Fsp3) is 0.471. The van der Waals surface area contributed by atoms with Crippen LogP contribution in [0.25, 0.3) is 0 Å². The van der Waals surface area contributed by atoms with Crippen LogP contribution in [0.4, 0.5) is 11.6 Å². The number of likely N-dealkylation sites (N-methyl/N-ethyl adjacent to an activating group) is 1. The SMILES string of the molecule is CN(C)c1cc(N(C)C2CCN(Cc3ccc(Br)cn3)C2)ncn1. The molecule has 1 unspecified atom stereocenters. The van der Waals surface area contributed by atoms with Crippen molar-refractivity contribution < 1.29 is 0 Å². The first-order valence-electron chi connectivity index (χ1n) is 8.08. The highest BCUT2D eigenvalue weighted by Crippen LogP contribution is 2.23. The molecular formula is C17H23BrN6. The lowest BCUT2D eigenvalue weighted by Crippen LogP contribution is -2.35. The molecule has 1 atom stereocenters. The number of hydrogen-bond acceptors (Lipinski definition) is 6. The maximum Gasteiger partial charge on any atom is 0.134 e. The van der Waals surface area contributed by atoms with Gasteiger partial charge in [0, 0.05) is 63.6 Å². The van der Waals surface area contributed by atoms with Gasteiger partial charge >= 0.3 is 0 Å². The number of aromatic nitrogens is 3. The van der Waals surface area contributed by atoms with Crippen LogP contribution in [0.1, 0.15) is 12.1 Å². The largest absolute Gasteiger partial charge is 0.363 e. The van der Waals surface area contributed by atoms with Crippen LogP contribution in [0.2, 0.25) is 0 Å². The Kier molecular flexibility index (Phi) is 5.30. The number of likely N-dealkylation sites (tertiary alicyclic amines) is 1. The Morgan fingerprint density at radius 1 is 1.17 bits per heavy atom. The van der Waals surface area contributed by atoms with Gasteiger partial charge in [-0.25, -0.2) is 9.97 Å². The highest BCUT2D eigenvalue weighted by molar-refractivity contribution is 9.10. The average molecular weight is 391 g/mol. The number of nitrogens with zero attached hydrogens (tertiary/aromatic N) is 6. The van der Waals surface area contributed by atoms with Gasteiger partial charge in [-0.1, -0.05) is 0 Å². The number of pyridine rings is 1. The molecule has 0 spiro atoms. The van der Waals surface area contributed by atoms with E-state index in [4.69, 9.17) is 0 Å². The van der Waals surface area contributed by atoms with Crippen molar-refractivity contribution in [3.63, 3.8) is 0 Å². The van der Waals surface area contributed by atoms with E-state index < -0.39 is 0 Å². The van der Waals surface area contributed by atoms with Crippen molar-refractivity contribution in [3.8, 4) is 0 Å². The molecule has 1 saturated heterocycles. The predicted molar refractivity (Wildman–Crippen MR) is 100 cm³/mol. The van der Waals surface area contributed by atoms with Crippen LogP contribution < -0.4 is 9.80 Å². The number of halogens is 1. The summed E-state index contributed by atoms with van der Waals surface area (Å²) in [6.45, 7) is 3.00. The van der Waals surface area contributed by atoms with Crippen molar-refractivity contribution in [2.75, 3.05) is 44.0 Å². The van der Waals surface area contributed by atoms with E-state index in [0.717, 1.165) is 47.9 Å². The summed E-state index contributed by atoms with van der Waals surface area (Å²) < 4.78 is 1.02. The molecule has 2 aromatic heterocycles. The minimum Gasteiger partial charge on any atom is -0.363 e. The maximum absolute atomic E-state index is 4.47. The first kappa shape index (κ1) is 17.1. The molecule has 1 aliphatic rings. The van der Waals surface area contributed by atoms with Crippen LogP contribution in [-0.2, 0) is 6.54 Å². The van der Waals surface area contributed by atoms with Gasteiger partial charge in [-0.05, 0) is 34.5 Å². The van der Waals surface area contributed by atoms with Crippen LogP contribution in [-0.4, -0.2) is 60.1 Å². The minimum absolute atomic E-state index is 0.463. The van der Waals surface area contributed by atoms with E-state index in [-0.39, 0.29) is 0 Å². The number of hydrogen-bond donors (Lipinski definition) is 0. The molecule has 2 aromatic rings. The lowest BCUT2D eigenvalue weighted by atomic mass is 10.2. The number of anilines is 2. The maximum atomic E-state index is 4.47. The van der Waals surface area contributed by atoms with Gasteiger partial charge in [0.15, 0.2) is 0 Å². The number of rotatable bonds is 5. The molecule has 1 fully saturated rings. The highest BCUT2D eigenvalue weighted by atomic mass is 79.9. The molecule has 1 aliphatic heterocycles. The summed E-state index contributed by atoms with van der Waals surface area (Å²) in [5.74, 6) is 1.91. The molecule has 7 heteroatoms. The average Bonchev–Trinajstić information content (AvgIpc) is 3.05. The molecule has 0 amide bonds. The summed E-state index contributed by atoms with van der Waals surface area (Å²) in [5, 5.41) is 0. The first-order valence-corrected chi connectivity index (χ1v) is 8.87. The third-order valence-electron chi connectivity index (χ3n) is 4.43.